The molecule has 6 heteroatoms. The number of carbonyl (C=O) groups is 3. The molecule has 4 atom stereocenters. The minimum atomic E-state index is -1.19. The molecule has 0 spiro atoms. The van der Waals surface area contributed by atoms with Gasteiger partial charge in [0.15, 0.2) is 5.78 Å². The average Bonchev–Trinajstić information content (AvgIpc) is 2.90. The van der Waals surface area contributed by atoms with Crippen LogP contribution in [-0.4, -0.2) is 35.2 Å². The van der Waals surface area contributed by atoms with Crippen LogP contribution >= 0.6 is 0 Å². The number of fused-ring (bicyclic) bond motifs is 1. The Morgan fingerprint density at radius 1 is 1.29 bits per heavy atom. The Hall–Kier alpha value is -1.95. The summed E-state index contributed by atoms with van der Waals surface area (Å²) in [5.74, 6) is -0.630. The summed E-state index contributed by atoms with van der Waals surface area (Å²) in [6, 6.07) is 0. The largest absolute Gasteiger partial charge is 0.462 e. The Kier molecular flexibility index (Phi) is 5.30. The molecule has 0 aromatic heterocycles. The number of hydrogen-bond donors (Lipinski definition) is 1. The fraction of sp³-hybridized carbons (Fsp3) is 0.682. The van der Waals surface area contributed by atoms with Gasteiger partial charge in [-0.2, -0.15) is 0 Å². The molecule has 0 radical (unpaired) electrons. The maximum absolute atomic E-state index is 12.8. The van der Waals surface area contributed by atoms with Crippen LogP contribution in [0.3, 0.4) is 0 Å². The summed E-state index contributed by atoms with van der Waals surface area (Å²) >= 11 is 0. The summed E-state index contributed by atoms with van der Waals surface area (Å²) in [6.45, 7) is 9.69. The number of aliphatic hydroxyl groups is 1. The van der Waals surface area contributed by atoms with Gasteiger partial charge in [-0.1, -0.05) is 26.3 Å². The number of cyclic esters (lactones) is 1. The third-order valence-electron chi connectivity index (χ3n) is 7.19. The molecule has 1 N–H and O–H groups in total. The lowest BCUT2D eigenvalue weighted by atomic mass is 9.48. The first-order chi connectivity index (χ1) is 13.0. The highest BCUT2D eigenvalue weighted by atomic mass is 16.6. The third kappa shape index (κ3) is 3.43. The van der Waals surface area contributed by atoms with Gasteiger partial charge in [-0.3, -0.25) is 9.59 Å². The quantitative estimate of drug-likeness (QED) is 0.741. The first-order valence-electron chi connectivity index (χ1n) is 9.96. The van der Waals surface area contributed by atoms with Crippen molar-refractivity contribution in [3.8, 4) is 0 Å². The zero-order chi connectivity index (χ0) is 20.9. The van der Waals surface area contributed by atoms with Gasteiger partial charge in [-0.15, -0.1) is 0 Å². The summed E-state index contributed by atoms with van der Waals surface area (Å²) in [7, 11) is 0. The lowest BCUT2D eigenvalue weighted by Crippen LogP contribution is -2.54. The lowest BCUT2D eigenvalue weighted by molar-refractivity contribution is -0.167. The van der Waals surface area contributed by atoms with Crippen LogP contribution in [0.1, 0.15) is 66.7 Å². The number of ketones is 1. The van der Waals surface area contributed by atoms with Gasteiger partial charge in [0.05, 0.1) is 0 Å². The van der Waals surface area contributed by atoms with Crippen molar-refractivity contribution in [3.05, 3.63) is 22.8 Å². The van der Waals surface area contributed by atoms with E-state index in [2.05, 4.69) is 20.8 Å². The average molecular weight is 390 g/mol. The molecule has 28 heavy (non-hydrogen) atoms. The first-order valence-corrected chi connectivity index (χ1v) is 9.96. The molecular weight excluding hydrogens is 360 g/mol. The highest BCUT2D eigenvalue weighted by Gasteiger charge is 2.56. The topological polar surface area (TPSA) is 89.9 Å². The summed E-state index contributed by atoms with van der Waals surface area (Å²) in [4.78, 5) is 35.7. The molecule has 0 aromatic carbocycles. The molecule has 0 aromatic rings. The molecule has 6 nitrogen and oxygen atoms in total. The number of esters is 2. The Labute approximate surface area is 166 Å². The smallest absolute Gasteiger partial charge is 0.333 e. The standard InChI is InChI=1S/C22H30O6/c1-12-15(7-6-14-10-19(25)28-20(14)26)22(5)9-8-18(27-13(2)23)21(3,4)17(22)11-16(12)24/h10,17-18,20,26H,6-9,11H2,1-5H3/t17?,18-,20-,22-/m1/s1. The van der Waals surface area contributed by atoms with Crippen LogP contribution in [0.2, 0.25) is 0 Å². The number of aliphatic hydroxyl groups excluding tert-OH is 1. The number of rotatable bonds is 4. The lowest BCUT2D eigenvalue weighted by Gasteiger charge is -2.57. The van der Waals surface area contributed by atoms with Crippen molar-refractivity contribution in [1.29, 1.82) is 0 Å². The van der Waals surface area contributed by atoms with Crippen molar-refractivity contribution in [2.24, 2.45) is 16.7 Å². The van der Waals surface area contributed by atoms with Crippen LogP contribution in [0.5, 0.6) is 0 Å². The maximum atomic E-state index is 12.8. The fourth-order valence-electron chi connectivity index (χ4n) is 5.60. The minimum Gasteiger partial charge on any atom is -0.462 e. The van der Waals surface area contributed by atoms with Crippen molar-refractivity contribution in [3.63, 3.8) is 0 Å². The molecule has 0 saturated heterocycles. The molecule has 3 aliphatic rings. The second-order valence-corrected chi connectivity index (χ2v) is 9.17. The monoisotopic (exact) mass is 390 g/mol. The Morgan fingerprint density at radius 3 is 2.54 bits per heavy atom. The van der Waals surface area contributed by atoms with E-state index in [0.29, 0.717) is 24.8 Å². The highest BCUT2D eigenvalue weighted by Crippen LogP contribution is 2.60. The van der Waals surface area contributed by atoms with Gasteiger partial charge in [0, 0.05) is 30.4 Å². The van der Waals surface area contributed by atoms with Gasteiger partial charge < -0.3 is 14.6 Å². The van der Waals surface area contributed by atoms with Crippen LogP contribution in [0.4, 0.5) is 0 Å². The maximum Gasteiger partial charge on any atom is 0.333 e. The molecule has 154 valence electrons. The van der Waals surface area contributed by atoms with Gasteiger partial charge in [0.1, 0.15) is 6.10 Å². The number of hydrogen-bond acceptors (Lipinski definition) is 6. The normalized spacial score (nSPS) is 34.6. The summed E-state index contributed by atoms with van der Waals surface area (Å²) in [5, 5.41) is 9.86. The Morgan fingerprint density at radius 2 is 1.96 bits per heavy atom. The molecular formula is C22H30O6. The molecule has 0 amide bonds. The molecule has 3 rings (SSSR count). The molecule has 2 aliphatic carbocycles. The Bertz CT molecular complexity index is 774. The Balaban J connectivity index is 1.89. The van der Waals surface area contributed by atoms with Crippen molar-refractivity contribution in [2.75, 3.05) is 0 Å². The molecule has 1 aliphatic heterocycles. The molecule has 1 saturated carbocycles. The number of carbonyl (C=O) groups excluding carboxylic acids is 3. The van der Waals surface area contributed by atoms with Crippen molar-refractivity contribution in [1.82, 2.24) is 0 Å². The highest BCUT2D eigenvalue weighted by molar-refractivity contribution is 5.97. The predicted molar refractivity (Wildman–Crippen MR) is 102 cm³/mol. The molecule has 0 bridgehead atoms. The number of Topliss-reactive ketones (excluding diaryl/α,β-unsaturated/α-hetero) is 1. The molecule has 1 heterocycles. The molecule has 1 fully saturated rings. The van der Waals surface area contributed by atoms with Gasteiger partial charge in [-0.05, 0) is 49.5 Å². The summed E-state index contributed by atoms with van der Waals surface area (Å²) in [5.41, 5.74) is 1.92. The van der Waals surface area contributed by atoms with Gasteiger partial charge in [0.25, 0.3) is 0 Å². The van der Waals surface area contributed by atoms with Gasteiger partial charge in [-0.25, -0.2) is 4.79 Å². The van der Waals surface area contributed by atoms with Gasteiger partial charge >= 0.3 is 11.9 Å². The van der Waals surface area contributed by atoms with Crippen molar-refractivity contribution >= 4 is 17.7 Å². The van der Waals surface area contributed by atoms with E-state index in [1.165, 1.54) is 13.0 Å². The van der Waals surface area contributed by atoms with Crippen LogP contribution in [0.25, 0.3) is 0 Å². The second-order valence-electron chi connectivity index (χ2n) is 9.17. The van der Waals surface area contributed by atoms with Crippen molar-refractivity contribution < 1.29 is 29.0 Å². The van der Waals surface area contributed by atoms with E-state index < -0.39 is 12.3 Å². The zero-order valence-corrected chi connectivity index (χ0v) is 17.3. The van der Waals surface area contributed by atoms with Crippen LogP contribution in [0.15, 0.2) is 22.8 Å². The SMILES string of the molecule is CC(=O)O[C@@H]1CC[C@]2(C)C(CCC3=CC(=O)O[C@H]3O)=C(C)C(=O)CC2C1(C)C. The van der Waals surface area contributed by atoms with E-state index in [4.69, 9.17) is 9.47 Å². The first kappa shape index (κ1) is 20.8. The van der Waals surface area contributed by atoms with E-state index in [9.17, 15) is 19.5 Å². The van der Waals surface area contributed by atoms with Crippen molar-refractivity contribution in [2.45, 2.75) is 79.1 Å². The number of allylic oxidation sites excluding steroid dienone is 2. The van der Waals surface area contributed by atoms with Gasteiger partial charge in [0.2, 0.25) is 6.29 Å². The van der Waals surface area contributed by atoms with Crippen LogP contribution < -0.4 is 0 Å². The van der Waals surface area contributed by atoms with E-state index in [0.717, 1.165) is 24.0 Å². The van der Waals surface area contributed by atoms with E-state index >= 15 is 0 Å². The van der Waals surface area contributed by atoms with E-state index in [-0.39, 0.29) is 34.6 Å². The third-order valence-corrected chi connectivity index (χ3v) is 7.19. The van der Waals surface area contributed by atoms with Crippen LogP contribution in [-0.2, 0) is 23.9 Å². The van der Waals surface area contributed by atoms with Crippen LogP contribution in [0, 0.1) is 16.7 Å². The molecule has 1 unspecified atom stereocenters. The zero-order valence-electron chi connectivity index (χ0n) is 17.3. The second kappa shape index (κ2) is 7.14. The summed E-state index contributed by atoms with van der Waals surface area (Å²) < 4.78 is 10.4. The van der Waals surface area contributed by atoms with E-state index in [1.54, 1.807) is 0 Å². The minimum absolute atomic E-state index is 0.0599. The number of ether oxygens (including phenoxy) is 2. The fourth-order valence-corrected chi connectivity index (χ4v) is 5.60. The predicted octanol–water partition coefficient (Wildman–Crippen LogP) is 3.23. The van der Waals surface area contributed by atoms with E-state index in [1.807, 2.05) is 6.92 Å². The summed E-state index contributed by atoms with van der Waals surface area (Å²) in [6.07, 6.45) is 3.04.